The maximum Gasteiger partial charge on any atom is 0.255 e. The van der Waals surface area contributed by atoms with E-state index < -0.39 is 10.0 Å². The first-order valence-corrected chi connectivity index (χ1v) is 11.4. The van der Waals surface area contributed by atoms with E-state index >= 15 is 0 Å². The van der Waals surface area contributed by atoms with Crippen molar-refractivity contribution in [1.82, 2.24) is 9.21 Å². The predicted octanol–water partition coefficient (Wildman–Crippen LogP) is 4.13. The number of carbonyl (C=O) groups is 1. The highest BCUT2D eigenvalue weighted by molar-refractivity contribution is 9.10. The molecule has 0 aromatic heterocycles. The van der Waals surface area contributed by atoms with Gasteiger partial charge in [-0.25, -0.2) is 8.42 Å². The summed E-state index contributed by atoms with van der Waals surface area (Å²) in [6.07, 6.45) is 3.73. The van der Waals surface area contributed by atoms with Crippen LogP contribution in [0.3, 0.4) is 0 Å². The fourth-order valence-corrected chi connectivity index (χ4v) is 5.27. The van der Waals surface area contributed by atoms with Crippen LogP contribution in [0.1, 0.15) is 56.8 Å². The minimum absolute atomic E-state index is 0.0803. The molecule has 0 aliphatic carbocycles. The van der Waals surface area contributed by atoms with Crippen molar-refractivity contribution >= 4 is 31.9 Å². The minimum Gasteiger partial charge on any atom is -0.339 e. The molecule has 1 aromatic rings. The van der Waals surface area contributed by atoms with Crippen LogP contribution < -0.4 is 0 Å². The molecule has 1 aliphatic heterocycles. The number of benzene rings is 1. The van der Waals surface area contributed by atoms with E-state index in [-0.39, 0.29) is 16.8 Å². The molecule has 0 radical (unpaired) electrons. The summed E-state index contributed by atoms with van der Waals surface area (Å²) in [4.78, 5) is 14.8. The van der Waals surface area contributed by atoms with Crippen molar-refractivity contribution in [2.45, 2.75) is 57.4 Å². The molecule has 26 heavy (non-hydrogen) atoms. The summed E-state index contributed by atoms with van der Waals surface area (Å²) in [5.74, 6) is 0.315. The highest BCUT2D eigenvalue weighted by atomic mass is 79.9. The highest BCUT2D eigenvalue weighted by Crippen LogP contribution is 2.27. The number of halogens is 1. The van der Waals surface area contributed by atoms with Crippen LogP contribution in [0.5, 0.6) is 0 Å². The van der Waals surface area contributed by atoms with Gasteiger partial charge < -0.3 is 4.90 Å². The number of rotatable bonds is 6. The van der Waals surface area contributed by atoms with Gasteiger partial charge in [0, 0.05) is 30.7 Å². The Balaban J connectivity index is 2.30. The van der Waals surface area contributed by atoms with E-state index in [1.807, 2.05) is 6.92 Å². The van der Waals surface area contributed by atoms with E-state index in [1.165, 1.54) is 10.4 Å². The van der Waals surface area contributed by atoms with Crippen molar-refractivity contribution in [3.63, 3.8) is 0 Å². The summed E-state index contributed by atoms with van der Waals surface area (Å²) >= 11 is 3.41. The predicted molar refractivity (Wildman–Crippen MR) is 108 cm³/mol. The lowest BCUT2D eigenvalue weighted by Crippen LogP contribution is -2.37. The third kappa shape index (κ3) is 4.87. The first-order chi connectivity index (χ1) is 12.1. The Kier molecular flexibility index (Phi) is 7.27. The van der Waals surface area contributed by atoms with Gasteiger partial charge in [0.05, 0.1) is 10.5 Å². The van der Waals surface area contributed by atoms with Gasteiger partial charge in [-0.05, 0) is 66.2 Å². The van der Waals surface area contributed by atoms with Crippen LogP contribution in [0.4, 0.5) is 0 Å². The molecule has 0 spiro atoms. The van der Waals surface area contributed by atoms with Gasteiger partial charge in [0.2, 0.25) is 10.0 Å². The summed E-state index contributed by atoms with van der Waals surface area (Å²) in [5.41, 5.74) is 0.390. The number of amides is 1. The molecule has 2 rings (SSSR count). The third-order valence-electron chi connectivity index (χ3n) is 4.92. The summed E-state index contributed by atoms with van der Waals surface area (Å²) in [7, 11) is -1.79. The summed E-state index contributed by atoms with van der Waals surface area (Å²) < 4.78 is 28.0. The molecule has 1 atom stereocenters. The van der Waals surface area contributed by atoms with Gasteiger partial charge in [-0.1, -0.05) is 20.3 Å². The van der Waals surface area contributed by atoms with E-state index in [9.17, 15) is 13.2 Å². The molecule has 1 aliphatic rings. The Morgan fingerprint density at radius 3 is 2.38 bits per heavy atom. The van der Waals surface area contributed by atoms with Crippen molar-refractivity contribution in [1.29, 1.82) is 0 Å². The fraction of sp³-hybridized carbons (Fsp3) is 0.632. The van der Waals surface area contributed by atoms with Crippen LogP contribution in [0.25, 0.3) is 0 Å². The van der Waals surface area contributed by atoms with Crippen LogP contribution in [0.15, 0.2) is 27.6 Å². The summed E-state index contributed by atoms with van der Waals surface area (Å²) in [6.45, 7) is 7.35. The molecule has 1 unspecified atom stereocenters. The SMILES string of the molecule is CC(C)CC(C)N(C)C(=O)c1cc(S(=O)(=O)N2CCCCC2)ccc1Br. The Bertz CT molecular complexity index is 743. The largest absolute Gasteiger partial charge is 0.339 e. The molecule has 146 valence electrons. The van der Waals surface area contributed by atoms with E-state index in [2.05, 4.69) is 29.8 Å². The Morgan fingerprint density at radius 1 is 1.19 bits per heavy atom. The van der Waals surface area contributed by atoms with Gasteiger partial charge in [0.25, 0.3) is 5.91 Å². The average Bonchev–Trinajstić information content (AvgIpc) is 2.60. The van der Waals surface area contributed by atoms with Gasteiger partial charge in [-0.3, -0.25) is 4.79 Å². The van der Waals surface area contributed by atoms with Crippen LogP contribution in [0.2, 0.25) is 0 Å². The smallest absolute Gasteiger partial charge is 0.255 e. The van der Waals surface area contributed by atoms with Crippen molar-refractivity contribution in [3.05, 3.63) is 28.2 Å². The molecular formula is C19H29BrN2O3S. The minimum atomic E-state index is -3.56. The molecule has 0 N–H and O–H groups in total. The van der Waals surface area contributed by atoms with Gasteiger partial charge >= 0.3 is 0 Å². The van der Waals surface area contributed by atoms with E-state index in [0.29, 0.717) is 29.0 Å². The van der Waals surface area contributed by atoms with Gasteiger partial charge in [0.1, 0.15) is 0 Å². The van der Waals surface area contributed by atoms with Crippen molar-refractivity contribution in [2.75, 3.05) is 20.1 Å². The molecule has 1 saturated heterocycles. The second kappa shape index (κ2) is 8.85. The number of sulfonamides is 1. The lowest BCUT2D eigenvalue weighted by atomic mass is 10.0. The first-order valence-electron chi connectivity index (χ1n) is 9.21. The van der Waals surface area contributed by atoms with Gasteiger partial charge in [-0.2, -0.15) is 4.31 Å². The monoisotopic (exact) mass is 444 g/mol. The number of hydrogen-bond acceptors (Lipinski definition) is 3. The molecule has 7 heteroatoms. The van der Waals surface area contributed by atoms with E-state index in [0.717, 1.165) is 25.7 Å². The first kappa shape index (κ1) is 21.4. The second-order valence-corrected chi connectivity index (χ2v) is 10.3. The number of piperidine rings is 1. The van der Waals surface area contributed by atoms with Gasteiger partial charge in [-0.15, -0.1) is 0 Å². The molecule has 5 nitrogen and oxygen atoms in total. The lowest BCUT2D eigenvalue weighted by molar-refractivity contribution is 0.0727. The maximum absolute atomic E-state index is 12.9. The fourth-order valence-electron chi connectivity index (χ4n) is 3.31. The topological polar surface area (TPSA) is 57.7 Å². The molecule has 1 heterocycles. The molecule has 1 fully saturated rings. The van der Waals surface area contributed by atoms with Crippen molar-refractivity contribution in [3.8, 4) is 0 Å². The van der Waals surface area contributed by atoms with E-state index in [4.69, 9.17) is 0 Å². The van der Waals surface area contributed by atoms with Crippen molar-refractivity contribution in [2.24, 2.45) is 5.92 Å². The van der Waals surface area contributed by atoms with E-state index in [1.54, 1.807) is 24.1 Å². The Morgan fingerprint density at radius 2 is 1.81 bits per heavy atom. The Labute approximate surface area is 165 Å². The maximum atomic E-state index is 12.9. The van der Waals surface area contributed by atoms with Gasteiger partial charge in [0.15, 0.2) is 0 Å². The number of carbonyl (C=O) groups excluding carboxylic acids is 1. The summed E-state index contributed by atoms with van der Waals surface area (Å²) in [5, 5.41) is 0. The Hall–Kier alpha value is -0.920. The number of hydrogen-bond donors (Lipinski definition) is 0. The van der Waals surface area contributed by atoms with Crippen LogP contribution in [0, 0.1) is 5.92 Å². The molecule has 1 amide bonds. The van der Waals surface area contributed by atoms with Crippen LogP contribution in [-0.4, -0.2) is 49.7 Å². The average molecular weight is 445 g/mol. The third-order valence-corrected chi connectivity index (χ3v) is 7.50. The number of nitrogens with zero attached hydrogens (tertiary/aromatic N) is 2. The zero-order valence-corrected chi connectivity index (χ0v) is 18.4. The zero-order chi connectivity index (χ0) is 19.5. The molecule has 1 aromatic carbocycles. The normalized spacial score (nSPS) is 17.3. The summed E-state index contributed by atoms with van der Waals surface area (Å²) in [6, 6.07) is 4.82. The standard InChI is InChI=1S/C19H29BrN2O3S/c1-14(2)12-15(3)21(4)19(23)17-13-16(8-9-18(17)20)26(24,25)22-10-6-5-7-11-22/h8-9,13-15H,5-7,10-12H2,1-4H3. The van der Waals surface area contributed by atoms with Crippen LogP contribution >= 0.6 is 15.9 Å². The molecular weight excluding hydrogens is 416 g/mol. The quantitative estimate of drug-likeness (QED) is 0.662. The highest BCUT2D eigenvalue weighted by Gasteiger charge is 2.28. The second-order valence-electron chi connectivity index (χ2n) is 7.50. The molecule has 0 saturated carbocycles. The van der Waals surface area contributed by atoms with Crippen molar-refractivity contribution < 1.29 is 13.2 Å². The van der Waals surface area contributed by atoms with Crippen LogP contribution in [-0.2, 0) is 10.0 Å². The zero-order valence-electron chi connectivity index (χ0n) is 16.0. The lowest BCUT2D eigenvalue weighted by Gasteiger charge is -2.28. The molecule has 0 bridgehead atoms.